The molecule has 0 spiro atoms. The van der Waals surface area contributed by atoms with Crippen molar-refractivity contribution in [2.45, 2.75) is 25.4 Å². The van der Waals surface area contributed by atoms with Gasteiger partial charge in [0.25, 0.3) is 0 Å². The summed E-state index contributed by atoms with van der Waals surface area (Å²) in [5.41, 5.74) is 0.383. The molecule has 0 aliphatic carbocycles. The second-order valence-corrected chi connectivity index (χ2v) is 5.29. The van der Waals surface area contributed by atoms with Crippen LogP contribution in [0, 0.1) is 11.7 Å². The molecular formula is C15H22FNO2. The van der Waals surface area contributed by atoms with Crippen LogP contribution in [0.2, 0.25) is 0 Å². The van der Waals surface area contributed by atoms with E-state index in [9.17, 15) is 9.50 Å². The number of rotatable bonds is 6. The Kier molecular flexibility index (Phi) is 5.31. The first-order valence-corrected chi connectivity index (χ1v) is 6.96. The lowest BCUT2D eigenvalue weighted by Gasteiger charge is -2.18. The standard InChI is InChI=1S/C15H22FNO2/c16-14-4-2-1-3-13(14)15(19)6-9-17-8-5-12(11-17)7-10-18/h1-4,12,15,18-19H,5-11H2. The normalized spacial score (nSPS) is 21.7. The maximum absolute atomic E-state index is 13.5. The molecule has 1 aliphatic rings. The summed E-state index contributed by atoms with van der Waals surface area (Å²) in [6, 6.07) is 6.39. The summed E-state index contributed by atoms with van der Waals surface area (Å²) >= 11 is 0. The Morgan fingerprint density at radius 2 is 2.16 bits per heavy atom. The van der Waals surface area contributed by atoms with Crippen LogP contribution in [0.4, 0.5) is 4.39 Å². The zero-order valence-corrected chi connectivity index (χ0v) is 11.1. The molecule has 0 aromatic heterocycles. The lowest BCUT2D eigenvalue weighted by molar-refractivity contribution is 0.143. The first-order valence-electron chi connectivity index (χ1n) is 6.96. The number of likely N-dealkylation sites (tertiary alicyclic amines) is 1. The van der Waals surface area contributed by atoms with Crippen LogP contribution in [-0.4, -0.2) is 41.4 Å². The average molecular weight is 267 g/mol. The highest BCUT2D eigenvalue weighted by Crippen LogP contribution is 2.23. The Balaban J connectivity index is 1.78. The minimum atomic E-state index is -0.738. The van der Waals surface area contributed by atoms with Gasteiger partial charge in [0.1, 0.15) is 5.82 Å². The third-order valence-electron chi connectivity index (χ3n) is 3.89. The van der Waals surface area contributed by atoms with Gasteiger partial charge in [-0.15, -0.1) is 0 Å². The van der Waals surface area contributed by atoms with Gasteiger partial charge in [-0.25, -0.2) is 4.39 Å². The van der Waals surface area contributed by atoms with Crippen molar-refractivity contribution in [3.8, 4) is 0 Å². The average Bonchev–Trinajstić information content (AvgIpc) is 2.85. The molecule has 1 heterocycles. The van der Waals surface area contributed by atoms with E-state index in [0.29, 0.717) is 17.9 Å². The summed E-state index contributed by atoms with van der Waals surface area (Å²) < 4.78 is 13.5. The van der Waals surface area contributed by atoms with Gasteiger partial charge in [-0.3, -0.25) is 0 Å². The molecule has 1 saturated heterocycles. The Hall–Kier alpha value is -0.970. The van der Waals surface area contributed by atoms with Gasteiger partial charge in [-0.1, -0.05) is 18.2 Å². The van der Waals surface area contributed by atoms with Crippen molar-refractivity contribution in [1.82, 2.24) is 4.90 Å². The van der Waals surface area contributed by atoms with Gasteiger partial charge in [-0.05, 0) is 37.8 Å². The summed E-state index contributed by atoms with van der Waals surface area (Å²) in [5.74, 6) is 0.227. The number of halogens is 1. The third kappa shape index (κ3) is 4.00. The number of aliphatic hydroxyl groups is 2. The van der Waals surface area contributed by atoms with Crippen LogP contribution in [0.5, 0.6) is 0 Å². The molecule has 19 heavy (non-hydrogen) atoms. The van der Waals surface area contributed by atoms with Gasteiger partial charge in [-0.2, -0.15) is 0 Å². The first-order chi connectivity index (χ1) is 9.20. The smallest absolute Gasteiger partial charge is 0.128 e. The fraction of sp³-hybridized carbons (Fsp3) is 0.600. The zero-order chi connectivity index (χ0) is 13.7. The molecule has 0 radical (unpaired) electrons. The summed E-state index contributed by atoms with van der Waals surface area (Å²) in [5, 5.41) is 18.9. The molecular weight excluding hydrogens is 245 g/mol. The molecule has 2 unspecified atom stereocenters. The molecule has 1 aromatic rings. The fourth-order valence-corrected chi connectivity index (χ4v) is 2.74. The van der Waals surface area contributed by atoms with Crippen LogP contribution >= 0.6 is 0 Å². The highest BCUT2D eigenvalue weighted by Gasteiger charge is 2.22. The second kappa shape index (κ2) is 6.98. The van der Waals surface area contributed by atoms with E-state index in [1.54, 1.807) is 18.2 Å². The molecule has 3 nitrogen and oxygen atoms in total. The predicted molar refractivity (Wildman–Crippen MR) is 72.2 cm³/mol. The number of nitrogens with zero attached hydrogens (tertiary/aromatic N) is 1. The predicted octanol–water partition coefficient (Wildman–Crippen LogP) is 1.95. The van der Waals surface area contributed by atoms with Crippen molar-refractivity contribution in [1.29, 1.82) is 0 Å². The van der Waals surface area contributed by atoms with E-state index >= 15 is 0 Å². The van der Waals surface area contributed by atoms with E-state index < -0.39 is 6.10 Å². The molecule has 1 aliphatic heterocycles. The van der Waals surface area contributed by atoms with Gasteiger partial charge in [0, 0.05) is 25.3 Å². The van der Waals surface area contributed by atoms with Gasteiger partial charge < -0.3 is 15.1 Å². The van der Waals surface area contributed by atoms with Crippen LogP contribution in [0.15, 0.2) is 24.3 Å². The molecule has 0 amide bonds. The van der Waals surface area contributed by atoms with E-state index in [0.717, 1.165) is 32.5 Å². The number of hydrogen-bond donors (Lipinski definition) is 2. The van der Waals surface area contributed by atoms with E-state index in [4.69, 9.17) is 5.11 Å². The van der Waals surface area contributed by atoms with E-state index in [2.05, 4.69) is 4.90 Å². The van der Waals surface area contributed by atoms with Crippen molar-refractivity contribution >= 4 is 0 Å². The topological polar surface area (TPSA) is 43.7 Å². The van der Waals surface area contributed by atoms with Crippen molar-refractivity contribution in [2.75, 3.05) is 26.2 Å². The Morgan fingerprint density at radius 1 is 1.37 bits per heavy atom. The molecule has 2 rings (SSSR count). The first kappa shape index (κ1) is 14.4. The summed E-state index contributed by atoms with van der Waals surface area (Å²) in [6.07, 6.45) is 1.77. The van der Waals surface area contributed by atoms with E-state index in [-0.39, 0.29) is 12.4 Å². The molecule has 1 aromatic carbocycles. The van der Waals surface area contributed by atoms with Crippen molar-refractivity contribution < 1.29 is 14.6 Å². The van der Waals surface area contributed by atoms with Crippen LogP contribution in [0.1, 0.15) is 30.9 Å². The van der Waals surface area contributed by atoms with E-state index in [1.807, 2.05) is 0 Å². The van der Waals surface area contributed by atoms with Crippen molar-refractivity contribution in [2.24, 2.45) is 5.92 Å². The Labute approximate surface area is 113 Å². The summed E-state index contributed by atoms with van der Waals surface area (Å²) in [4.78, 5) is 2.28. The van der Waals surface area contributed by atoms with E-state index in [1.165, 1.54) is 6.07 Å². The van der Waals surface area contributed by atoms with Crippen LogP contribution in [-0.2, 0) is 0 Å². The van der Waals surface area contributed by atoms with Gasteiger partial charge >= 0.3 is 0 Å². The molecule has 0 saturated carbocycles. The minimum Gasteiger partial charge on any atom is -0.396 e. The van der Waals surface area contributed by atoms with Crippen LogP contribution < -0.4 is 0 Å². The molecule has 106 valence electrons. The molecule has 4 heteroatoms. The molecule has 2 atom stereocenters. The molecule has 0 bridgehead atoms. The van der Waals surface area contributed by atoms with Gasteiger partial charge in [0.15, 0.2) is 0 Å². The molecule has 2 N–H and O–H groups in total. The number of aliphatic hydroxyl groups excluding tert-OH is 2. The van der Waals surface area contributed by atoms with Crippen LogP contribution in [0.3, 0.4) is 0 Å². The van der Waals surface area contributed by atoms with Gasteiger partial charge in [0.2, 0.25) is 0 Å². The Bertz CT molecular complexity index is 399. The second-order valence-electron chi connectivity index (χ2n) is 5.29. The third-order valence-corrected chi connectivity index (χ3v) is 3.89. The van der Waals surface area contributed by atoms with Crippen LogP contribution in [0.25, 0.3) is 0 Å². The lowest BCUT2D eigenvalue weighted by atomic mass is 10.1. The monoisotopic (exact) mass is 267 g/mol. The number of benzene rings is 1. The number of hydrogen-bond acceptors (Lipinski definition) is 3. The fourth-order valence-electron chi connectivity index (χ4n) is 2.74. The quantitative estimate of drug-likeness (QED) is 0.828. The largest absolute Gasteiger partial charge is 0.396 e. The van der Waals surface area contributed by atoms with Crippen molar-refractivity contribution in [3.63, 3.8) is 0 Å². The maximum atomic E-state index is 13.5. The maximum Gasteiger partial charge on any atom is 0.128 e. The zero-order valence-electron chi connectivity index (χ0n) is 11.1. The lowest BCUT2D eigenvalue weighted by Crippen LogP contribution is -2.23. The highest BCUT2D eigenvalue weighted by atomic mass is 19.1. The minimum absolute atomic E-state index is 0.246. The SMILES string of the molecule is OCCC1CCN(CCC(O)c2ccccc2F)C1. The highest BCUT2D eigenvalue weighted by molar-refractivity contribution is 5.19. The summed E-state index contributed by atoms with van der Waals surface area (Å²) in [7, 11) is 0. The molecule has 1 fully saturated rings. The van der Waals surface area contributed by atoms with Crippen molar-refractivity contribution in [3.05, 3.63) is 35.6 Å². The Morgan fingerprint density at radius 3 is 2.89 bits per heavy atom. The summed E-state index contributed by atoms with van der Waals surface area (Å²) in [6.45, 7) is 3.01. The van der Waals surface area contributed by atoms with Gasteiger partial charge in [0.05, 0.1) is 6.10 Å².